The number of piperazine rings is 1. The van der Waals surface area contributed by atoms with Crippen LogP contribution in [0.3, 0.4) is 0 Å². The van der Waals surface area contributed by atoms with Gasteiger partial charge < -0.3 is 10.2 Å². The lowest BCUT2D eigenvalue weighted by atomic mass is 9.83. The van der Waals surface area contributed by atoms with Crippen molar-refractivity contribution in [2.75, 3.05) is 12.3 Å². The molecule has 0 radical (unpaired) electrons. The maximum atomic E-state index is 12.6. The molecule has 1 rings (SSSR count). The Hall–Kier alpha value is -0.920. The highest BCUT2D eigenvalue weighted by molar-refractivity contribution is 8.00. The summed E-state index contributed by atoms with van der Waals surface area (Å²) in [6, 6.07) is 0. The number of carbonyl (C=O) groups is 2. The molecule has 0 aliphatic carbocycles. The van der Waals surface area contributed by atoms with Crippen LogP contribution in [0.25, 0.3) is 0 Å². The highest BCUT2D eigenvalue weighted by Gasteiger charge is 2.52. The molecule has 0 aromatic heterocycles. The summed E-state index contributed by atoms with van der Waals surface area (Å²) in [6.45, 7) is 6.55. The molecule has 0 aromatic rings. The van der Waals surface area contributed by atoms with Crippen molar-refractivity contribution in [2.24, 2.45) is 0 Å². The second-order valence-corrected chi connectivity index (χ2v) is 6.71. The molecule has 2 amide bonds. The minimum absolute atomic E-state index is 0.106. The molecule has 1 aliphatic heterocycles. The number of thioether (sulfide) groups is 1. The van der Waals surface area contributed by atoms with Gasteiger partial charge in [0.15, 0.2) is 0 Å². The van der Waals surface area contributed by atoms with E-state index in [-0.39, 0.29) is 35.9 Å². The normalized spacial score (nSPS) is 21.4. The fourth-order valence-electron chi connectivity index (χ4n) is 2.42. The van der Waals surface area contributed by atoms with E-state index in [0.29, 0.717) is 12.8 Å². The van der Waals surface area contributed by atoms with E-state index < -0.39 is 16.6 Å². The van der Waals surface area contributed by atoms with E-state index in [1.54, 1.807) is 27.7 Å². The molecule has 0 aromatic carbocycles. The van der Waals surface area contributed by atoms with Crippen molar-refractivity contribution < 1.29 is 22.8 Å². The van der Waals surface area contributed by atoms with Crippen LogP contribution in [0.2, 0.25) is 0 Å². The summed E-state index contributed by atoms with van der Waals surface area (Å²) < 4.78 is 36.7. The second-order valence-electron chi connectivity index (χ2n) is 5.55. The van der Waals surface area contributed by atoms with Crippen molar-refractivity contribution in [3.05, 3.63) is 0 Å². The molecule has 21 heavy (non-hydrogen) atoms. The Morgan fingerprint density at radius 1 is 1.19 bits per heavy atom. The zero-order valence-electron chi connectivity index (χ0n) is 12.6. The van der Waals surface area contributed by atoms with Gasteiger partial charge in [-0.05, 0) is 38.5 Å². The first-order valence-corrected chi connectivity index (χ1v) is 7.84. The third kappa shape index (κ3) is 3.64. The molecular weight excluding hydrogens is 305 g/mol. The van der Waals surface area contributed by atoms with Crippen LogP contribution in [-0.2, 0) is 9.59 Å². The molecule has 8 heteroatoms. The van der Waals surface area contributed by atoms with Gasteiger partial charge in [-0.3, -0.25) is 9.59 Å². The predicted molar refractivity (Wildman–Crippen MR) is 75.8 cm³/mol. The number of nitrogens with one attached hydrogen (secondary N) is 1. The number of amides is 2. The van der Waals surface area contributed by atoms with E-state index in [4.69, 9.17) is 0 Å². The van der Waals surface area contributed by atoms with Crippen LogP contribution in [0, 0.1) is 0 Å². The maximum absolute atomic E-state index is 12.6. The fraction of sp³-hybridized carbons (Fsp3) is 0.846. The van der Waals surface area contributed by atoms with Crippen molar-refractivity contribution in [2.45, 2.75) is 57.1 Å². The SMILES string of the molecule is CCC1(CC)NC(=O)C(C)(C)N(CCSC(F)(F)F)C1=O. The smallest absolute Gasteiger partial charge is 0.340 e. The Labute approximate surface area is 126 Å². The fourth-order valence-corrected chi connectivity index (χ4v) is 2.93. The van der Waals surface area contributed by atoms with Gasteiger partial charge in [-0.25, -0.2) is 0 Å². The van der Waals surface area contributed by atoms with Crippen molar-refractivity contribution in [1.29, 1.82) is 0 Å². The summed E-state index contributed by atoms with van der Waals surface area (Å²) in [4.78, 5) is 26.2. The van der Waals surface area contributed by atoms with E-state index in [0.717, 1.165) is 0 Å². The van der Waals surface area contributed by atoms with Gasteiger partial charge in [0.2, 0.25) is 11.8 Å². The van der Waals surface area contributed by atoms with Crippen LogP contribution in [0.4, 0.5) is 13.2 Å². The molecular formula is C13H21F3N2O2S. The molecule has 0 bridgehead atoms. The number of alkyl halides is 3. The number of hydrogen-bond acceptors (Lipinski definition) is 3. The van der Waals surface area contributed by atoms with Gasteiger partial charge >= 0.3 is 5.51 Å². The number of nitrogens with zero attached hydrogens (tertiary/aromatic N) is 1. The molecule has 1 aliphatic rings. The average Bonchev–Trinajstić information content (AvgIpc) is 2.37. The average molecular weight is 326 g/mol. The molecule has 0 saturated carbocycles. The third-order valence-corrected chi connectivity index (χ3v) is 4.74. The summed E-state index contributed by atoms with van der Waals surface area (Å²) in [6.07, 6.45) is 0.820. The first-order valence-electron chi connectivity index (χ1n) is 6.85. The molecule has 1 heterocycles. The monoisotopic (exact) mass is 326 g/mol. The number of carbonyl (C=O) groups excluding carboxylic acids is 2. The molecule has 122 valence electrons. The topological polar surface area (TPSA) is 49.4 Å². The van der Waals surface area contributed by atoms with E-state index in [1.807, 2.05) is 0 Å². The van der Waals surface area contributed by atoms with Gasteiger partial charge in [-0.2, -0.15) is 13.2 Å². The van der Waals surface area contributed by atoms with Gasteiger partial charge in [0.05, 0.1) is 0 Å². The molecule has 1 N–H and O–H groups in total. The lowest BCUT2D eigenvalue weighted by molar-refractivity contribution is -0.161. The molecule has 0 spiro atoms. The van der Waals surface area contributed by atoms with E-state index >= 15 is 0 Å². The zero-order valence-corrected chi connectivity index (χ0v) is 13.5. The van der Waals surface area contributed by atoms with E-state index in [1.165, 1.54) is 4.90 Å². The largest absolute Gasteiger partial charge is 0.441 e. The summed E-state index contributed by atoms with van der Waals surface area (Å²) >= 11 is -0.179. The number of rotatable bonds is 5. The minimum atomic E-state index is -4.34. The first kappa shape index (κ1) is 18.1. The highest BCUT2D eigenvalue weighted by atomic mass is 32.2. The van der Waals surface area contributed by atoms with Crippen molar-refractivity contribution in [1.82, 2.24) is 10.2 Å². The number of hydrogen-bond donors (Lipinski definition) is 1. The van der Waals surface area contributed by atoms with Crippen LogP contribution in [0.15, 0.2) is 0 Å². The van der Waals surface area contributed by atoms with Crippen molar-refractivity contribution >= 4 is 23.6 Å². The first-order chi connectivity index (χ1) is 9.50. The maximum Gasteiger partial charge on any atom is 0.441 e. The molecule has 1 fully saturated rings. The van der Waals surface area contributed by atoms with Crippen molar-refractivity contribution in [3.63, 3.8) is 0 Å². The summed E-state index contributed by atoms with van der Waals surface area (Å²) in [7, 11) is 0. The highest BCUT2D eigenvalue weighted by Crippen LogP contribution is 2.33. The van der Waals surface area contributed by atoms with Gasteiger partial charge in [-0.15, -0.1) is 0 Å². The van der Waals surface area contributed by atoms with Crippen LogP contribution in [0.1, 0.15) is 40.5 Å². The van der Waals surface area contributed by atoms with Crippen LogP contribution in [0.5, 0.6) is 0 Å². The molecule has 4 nitrogen and oxygen atoms in total. The van der Waals surface area contributed by atoms with Crippen molar-refractivity contribution in [3.8, 4) is 0 Å². The minimum Gasteiger partial charge on any atom is -0.340 e. The zero-order chi connectivity index (χ0) is 16.5. The Bertz CT molecular complexity index is 420. The second kappa shape index (κ2) is 6.06. The van der Waals surface area contributed by atoms with Gasteiger partial charge in [0.25, 0.3) is 0 Å². The van der Waals surface area contributed by atoms with Crippen LogP contribution >= 0.6 is 11.8 Å². The lowest BCUT2D eigenvalue weighted by Crippen LogP contribution is -2.74. The van der Waals surface area contributed by atoms with Gasteiger partial charge in [-0.1, -0.05) is 13.8 Å². The van der Waals surface area contributed by atoms with E-state index in [2.05, 4.69) is 5.32 Å². The van der Waals surface area contributed by atoms with Crippen LogP contribution < -0.4 is 5.32 Å². The van der Waals surface area contributed by atoms with Crippen LogP contribution in [-0.4, -0.2) is 45.6 Å². The summed E-state index contributed by atoms with van der Waals surface area (Å²) in [5.74, 6) is -0.919. The lowest BCUT2D eigenvalue weighted by Gasteiger charge is -2.49. The Kier molecular flexibility index (Phi) is 5.23. The third-order valence-electron chi connectivity index (χ3n) is 4.03. The molecule has 0 unspecified atom stereocenters. The van der Waals surface area contributed by atoms with Gasteiger partial charge in [0, 0.05) is 12.3 Å². The molecule has 1 saturated heterocycles. The quantitative estimate of drug-likeness (QED) is 0.845. The Morgan fingerprint density at radius 3 is 2.14 bits per heavy atom. The Morgan fingerprint density at radius 2 is 1.71 bits per heavy atom. The molecule has 0 atom stereocenters. The summed E-state index contributed by atoms with van der Waals surface area (Å²) in [5, 5.41) is 2.75. The standard InChI is InChI=1S/C13H21F3N2O2S/c1-5-12(6-2)10(20)18(7-8-21-13(14,15)16)11(3,4)9(19)17-12/h5-8H2,1-4H3,(H,17,19). The van der Waals surface area contributed by atoms with E-state index in [9.17, 15) is 22.8 Å². The predicted octanol–water partition coefficient (Wildman–Crippen LogP) is 2.54. The number of halogens is 3. The Balaban J connectivity index is 2.95. The summed E-state index contributed by atoms with van der Waals surface area (Å²) in [5.41, 5.74) is -6.48. The van der Waals surface area contributed by atoms with Gasteiger partial charge in [0.1, 0.15) is 11.1 Å².